The molecular formula is C14H13FO. The van der Waals surface area contributed by atoms with Gasteiger partial charge in [-0.3, -0.25) is 0 Å². The van der Waals surface area contributed by atoms with Crippen LogP contribution in [-0.4, -0.2) is 6.61 Å². The van der Waals surface area contributed by atoms with Crippen molar-refractivity contribution in [1.82, 2.24) is 0 Å². The molecule has 2 heteroatoms. The Bertz CT molecular complexity index is 531. The summed E-state index contributed by atoms with van der Waals surface area (Å²) in [6.45, 7) is 6.12. The smallest absolute Gasteiger partial charge is 0.127 e. The molecule has 2 aromatic rings. The molecule has 0 N–H and O–H groups in total. The molecule has 0 bridgehead atoms. The van der Waals surface area contributed by atoms with Gasteiger partial charge in [0.1, 0.15) is 18.2 Å². The van der Waals surface area contributed by atoms with Gasteiger partial charge in [-0.15, -0.1) is 0 Å². The van der Waals surface area contributed by atoms with E-state index in [1.807, 2.05) is 25.1 Å². The molecule has 0 saturated carbocycles. The van der Waals surface area contributed by atoms with E-state index in [0.717, 1.165) is 16.3 Å². The van der Waals surface area contributed by atoms with Gasteiger partial charge in [0, 0.05) is 5.39 Å². The number of benzene rings is 2. The minimum absolute atomic E-state index is 0.251. The van der Waals surface area contributed by atoms with Gasteiger partial charge in [0.2, 0.25) is 0 Å². The van der Waals surface area contributed by atoms with Gasteiger partial charge in [-0.25, -0.2) is 4.39 Å². The number of halogens is 1. The summed E-state index contributed by atoms with van der Waals surface area (Å²) in [6.07, 6.45) is 0. The van der Waals surface area contributed by atoms with Crippen molar-refractivity contribution in [1.29, 1.82) is 0 Å². The standard InChI is InChI=1S/C14H13FO/c1-10(2)9-16-14-5-3-4-11-6-7-12(15)8-13(11)14/h3-8H,1,9H2,2H3. The second-order valence-electron chi connectivity index (χ2n) is 3.87. The molecule has 1 nitrogen and oxygen atoms in total. The SMILES string of the molecule is C=C(C)COc1cccc2ccc(F)cc12. The van der Waals surface area contributed by atoms with Crippen LogP contribution in [0.25, 0.3) is 10.8 Å². The van der Waals surface area contributed by atoms with Crippen LogP contribution in [0.4, 0.5) is 4.39 Å². The highest BCUT2D eigenvalue weighted by Crippen LogP contribution is 2.26. The van der Waals surface area contributed by atoms with Crippen molar-refractivity contribution in [2.24, 2.45) is 0 Å². The Kier molecular flexibility index (Phi) is 2.91. The third kappa shape index (κ3) is 2.22. The van der Waals surface area contributed by atoms with Gasteiger partial charge in [0.25, 0.3) is 0 Å². The Morgan fingerprint density at radius 3 is 2.88 bits per heavy atom. The van der Waals surface area contributed by atoms with Crippen molar-refractivity contribution in [3.63, 3.8) is 0 Å². The van der Waals surface area contributed by atoms with E-state index in [-0.39, 0.29) is 5.82 Å². The minimum Gasteiger partial charge on any atom is -0.489 e. The third-order valence-corrected chi connectivity index (χ3v) is 2.28. The van der Waals surface area contributed by atoms with Gasteiger partial charge >= 0.3 is 0 Å². The maximum absolute atomic E-state index is 13.1. The van der Waals surface area contributed by atoms with Crippen LogP contribution >= 0.6 is 0 Å². The van der Waals surface area contributed by atoms with Crippen LogP contribution in [0.3, 0.4) is 0 Å². The molecule has 0 radical (unpaired) electrons. The Labute approximate surface area is 94.2 Å². The topological polar surface area (TPSA) is 9.23 Å². The van der Waals surface area contributed by atoms with E-state index in [4.69, 9.17) is 4.74 Å². The fourth-order valence-electron chi connectivity index (χ4n) is 1.54. The van der Waals surface area contributed by atoms with Crippen LogP contribution in [-0.2, 0) is 0 Å². The van der Waals surface area contributed by atoms with E-state index in [0.29, 0.717) is 12.4 Å². The molecule has 16 heavy (non-hydrogen) atoms. The lowest BCUT2D eigenvalue weighted by molar-refractivity contribution is 0.357. The third-order valence-electron chi connectivity index (χ3n) is 2.28. The number of fused-ring (bicyclic) bond motifs is 1. The van der Waals surface area contributed by atoms with E-state index < -0.39 is 0 Å². The van der Waals surface area contributed by atoms with Gasteiger partial charge in [0.05, 0.1) is 0 Å². The van der Waals surface area contributed by atoms with Crippen molar-refractivity contribution in [3.8, 4) is 5.75 Å². The zero-order chi connectivity index (χ0) is 11.5. The largest absolute Gasteiger partial charge is 0.489 e. The molecule has 82 valence electrons. The lowest BCUT2D eigenvalue weighted by Crippen LogP contribution is -1.98. The molecule has 0 aromatic heterocycles. The van der Waals surface area contributed by atoms with Crippen molar-refractivity contribution < 1.29 is 9.13 Å². The predicted molar refractivity (Wildman–Crippen MR) is 64.2 cm³/mol. The summed E-state index contributed by atoms with van der Waals surface area (Å²) < 4.78 is 18.7. The quantitative estimate of drug-likeness (QED) is 0.706. The highest BCUT2D eigenvalue weighted by atomic mass is 19.1. The maximum Gasteiger partial charge on any atom is 0.127 e. The van der Waals surface area contributed by atoms with Crippen LogP contribution in [0.15, 0.2) is 48.6 Å². The van der Waals surface area contributed by atoms with Crippen molar-refractivity contribution in [3.05, 3.63) is 54.4 Å². The van der Waals surface area contributed by atoms with Crippen molar-refractivity contribution in [2.45, 2.75) is 6.92 Å². The van der Waals surface area contributed by atoms with E-state index in [9.17, 15) is 4.39 Å². The zero-order valence-electron chi connectivity index (χ0n) is 9.16. The lowest BCUT2D eigenvalue weighted by Gasteiger charge is -2.09. The van der Waals surface area contributed by atoms with Crippen LogP contribution in [0.5, 0.6) is 5.75 Å². The number of hydrogen-bond donors (Lipinski definition) is 0. The Hall–Kier alpha value is -1.83. The summed E-state index contributed by atoms with van der Waals surface area (Å²) >= 11 is 0. The molecular weight excluding hydrogens is 203 g/mol. The first-order valence-electron chi connectivity index (χ1n) is 5.12. The van der Waals surface area contributed by atoms with Gasteiger partial charge in [-0.1, -0.05) is 24.8 Å². The predicted octanol–water partition coefficient (Wildman–Crippen LogP) is 3.93. The molecule has 0 amide bonds. The fourth-order valence-corrected chi connectivity index (χ4v) is 1.54. The fraction of sp³-hybridized carbons (Fsp3) is 0.143. The van der Waals surface area contributed by atoms with E-state index in [2.05, 4.69) is 6.58 Å². The zero-order valence-corrected chi connectivity index (χ0v) is 9.16. The molecule has 0 aliphatic heterocycles. The molecule has 0 heterocycles. The molecule has 2 rings (SSSR count). The molecule has 0 fully saturated rings. The second-order valence-corrected chi connectivity index (χ2v) is 3.87. The molecule has 0 atom stereocenters. The monoisotopic (exact) mass is 216 g/mol. The Morgan fingerprint density at radius 1 is 1.31 bits per heavy atom. The first kappa shape index (κ1) is 10.7. The average Bonchev–Trinajstić information content (AvgIpc) is 2.26. The summed E-state index contributed by atoms with van der Waals surface area (Å²) in [5.41, 5.74) is 0.938. The van der Waals surface area contributed by atoms with Crippen LogP contribution in [0.2, 0.25) is 0 Å². The minimum atomic E-state index is -0.251. The van der Waals surface area contributed by atoms with Crippen molar-refractivity contribution in [2.75, 3.05) is 6.61 Å². The summed E-state index contributed by atoms with van der Waals surface area (Å²) in [5, 5.41) is 1.77. The second kappa shape index (κ2) is 4.35. The highest BCUT2D eigenvalue weighted by Gasteiger charge is 2.03. The number of hydrogen-bond acceptors (Lipinski definition) is 1. The first-order chi connectivity index (χ1) is 7.66. The maximum atomic E-state index is 13.1. The molecule has 0 saturated heterocycles. The lowest BCUT2D eigenvalue weighted by atomic mass is 10.1. The van der Waals surface area contributed by atoms with E-state index >= 15 is 0 Å². The Balaban J connectivity index is 2.43. The molecule has 0 aliphatic carbocycles. The summed E-state index contributed by atoms with van der Waals surface area (Å²) in [5.74, 6) is 0.443. The molecule has 0 aliphatic rings. The van der Waals surface area contributed by atoms with Crippen LogP contribution in [0, 0.1) is 5.82 Å². The number of rotatable bonds is 3. The van der Waals surface area contributed by atoms with Gasteiger partial charge < -0.3 is 4.74 Å². The normalized spacial score (nSPS) is 10.4. The van der Waals surface area contributed by atoms with Gasteiger partial charge in [0.15, 0.2) is 0 Å². The van der Waals surface area contributed by atoms with E-state index in [1.165, 1.54) is 12.1 Å². The molecule has 2 aromatic carbocycles. The Morgan fingerprint density at radius 2 is 2.12 bits per heavy atom. The van der Waals surface area contributed by atoms with Gasteiger partial charge in [-0.05, 0) is 36.1 Å². The summed E-state index contributed by atoms with van der Waals surface area (Å²) in [6, 6.07) is 10.4. The molecule has 0 spiro atoms. The average molecular weight is 216 g/mol. The number of ether oxygens (including phenoxy) is 1. The summed E-state index contributed by atoms with van der Waals surface area (Å²) in [4.78, 5) is 0. The van der Waals surface area contributed by atoms with Gasteiger partial charge in [-0.2, -0.15) is 0 Å². The van der Waals surface area contributed by atoms with Crippen molar-refractivity contribution >= 4 is 10.8 Å². The molecule has 0 unspecified atom stereocenters. The first-order valence-corrected chi connectivity index (χ1v) is 5.12. The highest BCUT2D eigenvalue weighted by molar-refractivity contribution is 5.88. The van der Waals surface area contributed by atoms with Crippen LogP contribution < -0.4 is 4.74 Å². The summed E-state index contributed by atoms with van der Waals surface area (Å²) in [7, 11) is 0. The van der Waals surface area contributed by atoms with Crippen LogP contribution in [0.1, 0.15) is 6.92 Å². The van der Waals surface area contributed by atoms with E-state index in [1.54, 1.807) is 6.07 Å².